The second kappa shape index (κ2) is 7.30. The first-order valence-corrected chi connectivity index (χ1v) is 11.4. The summed E-state index contributed by atoms with van der Waals surface area (Å²) in [6, 6.07) is 6.14. The molecule has 5 fully saturated rings. The lowest BCUT2D eigenvalue weighted by Crippen LogP contribution is -2.51. The number of nitrogens with zero attached hydrogens (tertiary/aromatic N) is 1. The second-order valence-corrected chi connectivity index (χ2v) is 10.6. The third-order valence-corrected chi connectivity index (χ3v) is 8.11. The second-order valence-electron chi connectivity index (χ2n) is 10.2. The molecule has 1 atom stereocenters. The third-order valence-electron chi connectivity index (χ3n) is 7.78. The minimum Gasteiger partial charge on any atom is -0.351 e. The molecule has 1 aromatic carbocycles. The van der Waals surface area contributed by atoms with Crippen molar-refractivity contribution in [2.24, 2.45) is 28.9 Å². The smallest absolute Gasteiger partial charge is 0.252 e. The Kier molecular flexibility index (Phi) is 4.93. The number of carbonyl (C=O) groups excluding carboxylic acids is 1. The van der Waals surface area contributed by atoms with E-state index < -0.39 is 0 Å². The summed E-state index contributed by atoms with van der Waals surface area (Å²) in [5.74, 6) is 2.70. The molecule has 1 amide bonds. The van der Waals surface area contributed by atoms with E-state index in [9.17, 15) is 4.79 Å². The molecule has 0 aromatic heterocycles. The molecule has 5 heteroatoms. The average molecular weight is 402 g/mol. The number of amides is 1. The number of halogens is 1. The Balaban J connectivity index is 1.24. The van der Waals surface area contributed by atoms with Crippen molar-refractivity contribution in [3.05, 3.63) is 34.3 Å². The van der Waals surface area contributed by atoms with Crippen molar-refractivity contribution in [3.8, 4) is 0 Å². The van der Waals surface area contributed by atoms with Crippen molar-refractivity contribution in [1.29, 1.82) is 0 Å². The molecule has 0 unspecified atom stereocenters. The lowest BCUT2D eigenvalue weighted by molar-refractivity contribution is -0.0503. The largest absolute Gasteiger partial charge is 0.351 e. The summed E-state index contributed by atoms with van der Waals surface area (Å²) in [5, 5.41) is 3.81. The van der Waals surface area contributed by atoms with E-state index in [1.807, 2.05) is 18.2 Å². The van der Waals surface area contributed by atoms with Gasteiger partial charge in [-0.1, -0.05) is 17.7 Å². The van der Waals surface area contributed by atoms with Crippen molar-refractivity contribution in [3.63, 3.8) is 0 Å². The number of carbonyl (C=O) groups is 1. The summed E-state index contributed by atoms with van der Waals surface area (Å²) >= 11 is 6.39. The van der Waals surface area contributed by atoms with Crippen molar-refractivity contribution in [1.82, 2.24) is 10.2 Å². The Hall–Kier alpha value is -1.10. The quantitative estimate of drug-likeness (QED) is 0.788. The average Bonchev–Trinajstić information content (AvgIpc) is 3.05. The van der Waals surface area contributed by atoms with Crippen molar-refractivity contribution < 1.29 is 4.79 Å². The zero-order valence-electron chi connectivity index (χ0n) is 16.6. The molecule has 1 aliphatic heterocycles. The van der Waals surface area contributed by atoms with Crippen LogP contribution in [0.2, 0.25) is 5.02 Å². The van der Waals surface area contributed by atoms with Crippen LogP contribution in [-0.4, -0.2) is 36.5 Å². The molecule has 4 nitrogen and oxygen atoms in total. The van der Waals surface area contributed by atoms with Crippen LogP contribution >= 0.6 is 11.6 Å². The Morgan fingerprint density at radius 2 is 1.86 bits per heavy atom. The van der Waals surface area contributed by atoms with Crippen molar-refractivity contribution in [2.75, 3.05) is 19.6 Å². The van der Waals surface area contributed by atoms with E-state index in [2.05, 4.69) is 10.2 Å². The number of nitrogens with two attached hydrogens (primary N) is 1. The van der Waals surface area contributed by atoms with Gasteiger partial charge in [0, 0.05) is 32.2 Å². The Morgan fingerprint density at radius 1 is 1.18 bits per heavy atom. The van der Waals surface area contributed by atoms with Gasteiger partial charge in [0.1, 0.15) is 0 Å². The van der Waals surface area contributed by atoms with Gasteiger partial charge in [0.15, 0.2) is 0 Å². The summed E-state index contributed by atoms with van der Waals surface area (Å²) in [7, 11) is 0. The van der Waals surface area contributed by atoms with Gasteiger partial charge in [-0.15, -0.1) is 0 Å². The minimum atomic E-state index is -0.0132. The zero-order valence-corrected chi connectivity index (χ0v) is 17.4. The summed E-state index contributed by atoms with van der Waals surface area (Å²) in [5.41, 5.74) is 8.12. The van der Waals surface area contributed by atoms with Gasteiger partial charge in [0.25, 0.3) is 5.91 Å². The lowest BCUT2D eigenvalue weighted by Gasteiger charge is -2.56. The highest BCUT2D eigenvalue weighted by atomic mass is 35.5. The predicted octanol–water partition coefficient (Wildman–Crippen LogP) is 3.82. The highest BCUT2D eigenvalue weighted by molar-refractivity contribution is 6.33. The van der Waals surface area contributed by atoms with Gasteiger partial charge < -0.3 is 11.1 Å². The molecular formula is C23H32ClN3O. The molecule has 4 bridgehead atoms. The fraction of sp³-hybridized carbons (Fsp3) is 0.696. The zero-order chi connectivity index (χ0) is 19.3. The summed E-state index contributed by atoms with van der Waals surface area (Å²) in [4.78, 5) is 15.3. The van der Waals surface area contributed by atoms with E-state index in [1.165, 1.54) is 38.5 Å². The summed E-state index contributed by atoms with van der Waals surface area (Å²) < 4.78 is 0. The SMILES string of the molecule is N[C@@H]1CCN(Cc2ccc(Cl)c(C(=O)NCC34CC5CC(CC(C5)C3)C4)c2)C1. The predicted molar refractivity (Wildman–Crippen MR) is 112 cm³/mol. The fourth-order valence-corrected chi connectivity index (χ4v) is 7.18. The molecule has 4 saturated carbocycles. The Morgan fingerprint density at radius 3 is 2.46 bits per heavy atom. The van der Waals surface area contributed by atoms with Gasteiger partial charge in [-0.25, -0.2) is 0 Å². The van der Waals surface area contributed by atoms with Crippen LogP contribution in [0.15, 0.2) is 18.2 Å². The highest BCUT2D eigenvalue weighted by Gasteiger charge is 2.50. The summed E-state index contributed by atoms with van der Waals surface area (Å²) in [6.45, 7) is 3.60. The Bertz CT molecular complexity index is 729. The van der Waals surface area contributed by atoms with E-state index in [0.29, 0.717) is 16.0 Å². The van der Waals surface area contributed by atoms with E-state index in [4.69, 9.17) is 17.3 Å². The molecule has 1 aromatic rings. The molecule has 1 saturated heterocycles. The van der Waals surface area contributed by atoms with Crippen LogP contribution in [-0.2, 0) is 6.54 Å². The minimum absolute atomic E-state index is 0.0132. The van der Waals surface area contributed by atoms with Gasteiger partial charge in [0.05, 0.1) is 10.6 Å². The first-order chi connectivity index (χ1) is 13.5. The Labute approximate surface area is 173 Å². The van der Waals surface area contributed by atoms with Gasteiger partial charge in [-0.3, -0.25) is 9.69 Å². The van der Waals surface area contributed by atoms with Crippen LogP contribution in [0.25, 0.3) is 0 Å². The van der Waals surface area contributed by atoms with Crippen LogP contribution in [0.5, 0.6) is 0 Å². The van der Waals surface area contributed by atoms with Crippen molar-refractivity contribution in [2.45, 2.75) is 57.5 Å². The standard InChI is InChI=1S/C23H32ClN3O/c24-21-2-1-15(12-27-4-3-19(25)13-27)8-20(21)22(28)26-14-23-9-16-5-17(10-23)7-18(6-16)11-23/h1-2,8,16-19H,3-7,9-14,25H2,(H,26,28)/t16?,17?,18?,19-,23?/m1/s1. The molecular weight excluding hydrogens is 370 g/mol. The first kappa shape index (κ1) is 18.9. The topological polar surface area (TPSA) is 58.4 Å². The van der Waals surface area contributed by atoms with Gasteiger partial charge in [-0.2, -0.15) is 0 Å². The number of benzene rings is 1. The van der Waals surface area contributed by atoms with Gasteiger partial charge in [0.2, 0.25) is 0 Å². The molecule has 152 valence electrons. The van der Waals surface area contributed by atoms with Gasteiger partial charge in [-0.05, 0) is 85.8 Å². The van der Waals surface area contributed by atoms with E-state index in [1.54, 1.807) is 0 Å². The van der Waals surface area contributed by atoms with Crippen LogP contribution in [0, 0.1) is 23.2 Å². The highest BCUT2D eigenvalue weighted by Crippen LogP contribution is 2.59. The molecule has 0 radical (unpaired) electrons. The maximum atomic E-state index is 13.0. The molecule has 3 N–H and O–H groups in total. The number of nitrogens with one attached hydrogen (secondary N) is 1. The maximum absolute atomic E-state index is 13.0. The molecule has 28 heavy (non-hydrogen) atoms. The third kappa shape index (κ3) is 3.71. The fourth-order valence-electron chi connectivity index (χ4n) is 6.98. The lowest BCUT2D eigenvalue weighted by atomic mass is 9.49. The van der Waals surface area contributed by atoms with E-state index in [0.717, 1.165) is 55.9 Å². The molecule has 6 rings (SSSR count). The molecule has 0 spiro atoms. The number of hydrogen-bond acceptors (Lipinski definition) is 3. The molecule has 5 aliphatic rings. The molecule has 1 heterocycles. The van der Waals surface area contributed by atoms with Crippen LogP contribution in [0.1, 0.15) is 60.9 Å². The first-order valence-electron chi connectivity index (χ1n) is 11.0. The van der Waals surface area contributed by atoms with E-state index >= 15 is 0 Å². The van der Waals surface area contributed by atoms with Crippen LogP contribution < -0.4 is 11.1 Å². The number of hydrogen-bond donors (Lipinski definition) is 2. The number of likely N-dealkylation sites (tertiary alicyclic amines) is 1. The normalized spacial score (nSPS) is 36.8. The monoisotopic (exact) mass is 401 g/mol. The summed E-state index contributed by atoms with van der Waals surface area (Å²) in [6.07, 6.45) is 9.27. The van der Waals surface area contributed by atoms with Crippen molar-refractivity contribution >= 4 is 17.5 Å². The molecule has 4 aliphatic carbocycles. The number of rotatable bonds is 5. The van der Waals surface area contributed by atoms with Crippen LogP contribution in [0.4, 0.5) is 0 Å². The maximum Gasteiger partial charge on any atom is 0.252 e. The van der Waals surface area contributed by atoms with E-state index in [-0.39, 0.29) is 11.9 Å². The van der Waals surface area contributed by atoms with Crippen LogP contribution in [0.3, 0.4) is 0 Å². The van der Waals surface area contributed by atoms with Gasteiger partial charge >= 0.3 is 0 Å².